The second-order valence-corrected chi connectivity index (χ2v) is 19.5. The average molecular weight is 318 g/mol. The van der Waals surface area contributed by atoms with Crippen LogP contribution in [0.25, 0.3) is 0 Å². The molecule has 0 fully saturated rings. The van der Waals surface area contributed by atoms with Gasteiger partial charge in [-0.3, -0.25) is 0 Å². The number of hydrogen-bond donors (Lipinski definition) is 0. The van der Waals surface area contributed by atoms with Crippen molar-refractivity contribution >= 4 is 24.5 Å². The van der Waals surface area contributed by atoms with Crippen molar-refractivity contribution in [3.05, 3.63) is 0 Å². The third-order valence-electron chi connectivity index (χ3n) is 2.66. The van der Waals surface area contributed by atoms with Crippen molar-refractivity contribution in [1.82, 2.24) is 4.00 Å². The lowest BCUT2D eigenvalue weighted by atomic mass is 10.4. The molecule has 0 radical (unpaired) electrons. The summed E-state index contributed by atoms with van der Waals surface area (Å²) in [6, 6.07) is 0. The summed E-state index contributed by atoms with van der Waals surface area (Å²) in [5.41, 5.74) is 3.55. The molecule has 0 heterocycles. The maximum atomic E-state index is 5.09. The highest BCUT2D eigenvalue weighted by atomic mass is 31.1. The molecule has 0 rings (SSSR count). The van der Waals surface area contributed by atoms with Gasteiger partial charge < -0.3 is 8.74 Å². The molecule has 0 aromatic rings. The molecule has 0 bridgehead atoms. The minimum Gasteiger partial charge on any atom is -0.372 e. The molecular weight excluding hydrogens is 285 g/mol. The first-order valence-electron chi connectivity index (χ1n) is 7.19. The highest BCUT2D eigenvalue weighted by Crippen LogP contribution is 2.47. The van der Waals surface area contributed by atoms with Crippen molar-refractivity contribution in [2.75, 3.05) is 19.9 Å². The van der Waals surface area contributed by atoms with Crippen LogP contribution in [0.15, 0.2) is 0 Å². The number of methoxy groups -OCH3 is 1. The molecule has 112 valence electrons. The Labute approximate surface area is 124 Å². The van der Waals surface area contributed by atoms with E-state index in [2.05, 4.69) is 61.8 Å². The summed E-state index contributed by atoms with van der Waals surface area (Å²) in [6.07, 6.45) is 3.81. The molecule has 1 unspecified atom stereocenters. The van der Waals surface area contributed by atoms with Gasteiger partial charge in [0.05, 0.1) is 0 Å². The second-order valence-electron chi connectivity index (χ2n) is 6.85. The number of nitrogens with zero attached hydrogens (tertiary/aromatic N) is 1. The zero-order valence-corrected chi connectivity index (χ0v) is 17.0. The van der Waals surface area contributed by atoms with Crippen molar-refractivity contribution in [3.63, 3.8) is 0 Å². The van der Waals surface area contributed by atoms with E-state index in [9.17, 15) is 0 Å². The quantitative estimate of drug-likeness (QED) is 0.381. The molecule has 0 aliphatic carbocycles. The fraction of sp³-hybridized carbons (Fsp3) is 0.857. The minimum absolute atomic E-state index is 0.302. The maximum absolute atomic E-state index is 5.09. The first-order chi connectivity index (χ1) is 8.64. The van der Waals surface area contributed by atoms with E-state index in [1.54, 1.807) is 7.11 Å². The van der Waals surface area contributed by atoms with Gasteiger partial charge in [0.25, 0.3) is 0 Å². The Hall–Kier alpha value is 0.344. The molecule has 5 heteroatoms. The van der Waals surface area contributed by atoms with Crippen LogP contribution in [0.5, 0.6) is 0 Å². The van der Waals surface area contributed by atoms with E-state index in [4.69, 9.17) is 4.74 Å². The lowest BCUT2D eigenvalue weighted by Gasteiger charge is -2.46. The fourth-order valence-electron chi connectivity index (χ4n) is 2.44. The van der Waals surface area contributed by atoms with E-state index in [-0.39, 0.29) is 8.07 Å². The van der Waals surface area contributed by atoms with Crippen LogP contribution in [0.2, 0.25) is 39.3 Å². The van der Waals surface area contributed by atoms with E-state index in [1.807, 2.05) is 0 Å². The molecule has 0 aromatic carbocycles. The van der Waals surface area contributed by atoms with E-state index in [1.165, 1.54) is 19.0 Å². The molecule has 0 aliphatic rings. The highest BCUT2D eigenvalue weighted by Gasteiger charge is 2.38. The number of hydrogen-bond acceptors (Lipinski definition) is 2. The Morgan fingerprint density at radius 1 is 1.05 bits per heavy atom. The lowest BCUT2D eigenvalue weighted by molar-refractivity contribution is 0.240. The predicted molar refractivity (Wildman–Crippen MR) is 94.9 cm³/mol. The first kappa shape index (κ1) is 19.3. The van der Waals surface area contributed by atoms with Crippen LogP contribution in [0.4, 0.5) is 0 Å². The monoisotopic (exact) mass is 317 g/mol. The summed E-state index contributed by atoms with van der Waals surface area (Å²) >= 11 is 0. The SMILES string of the molecule is CCCCP(C#CCOC)N([Si](C)(C)C)[Si](C)(C)C. The van der Waals surface area contributed by atoms with Gasteiger partial charge in [-0.2, -0.15) is 0 Å². The summed E-state index contributed by atoms with van der Waals surface area (Å²) in [7, 11) is -1.21. The fourth-order valence-corrected chi connectivity index (χ4v) is 18.5. The summed E-state index contributed by atoms with van der Waals surface area (Å²) in [5.74, 6) is 3.23. The standard InChI is InChI=1S/C14H32NOPSi2/c1-9-10-13-17(14-11-12-16-2)15(18(3,4)5)19(6,7)8/h9-10,12-13H2,1-8H3. The Kier molecular flexibility index (Phi) is 8.75. The Morgan fingerprint density at radius 2 is 1.58 bits per heavy atom. The largest absolute Gasteiger partial charge is 0.372 e. The van der Waals surface area contributed by atoms with Gasteiger partial charge in [-0.05, 0) is 12.6 Å². The summed E-state index contributed by atoms with van der Waals surface area (Å²) in [5, 5.41) is 0. The number of unbranched alkanes of at least 4 members (excludes halogenated alkanes) is 1. The van der Waals surface area contributed by atoms with Gasteiger partial charge in [0.15, 0.2) is 0 Å². The van der Waals surface area contributed by atoms with Crippen molar-refractivity contribution in [2.24, 2.45) is 0 Å². The van der Waals surface area contributed by atoms with Crippen molar-refractivity contribution in [1.29, 1.82) is 0 Å². The third-order valence-corrected chi connectivity index (χ3v) is 15.9. The molecule has 19 heavy (non-hydrogen) atoms. The zero-order chi connectivity index (χ0) is 15.1. The third kappa shape index (κ3) is 7.63. The maximum Gasteiger partial charge on any atom is 0.116 e. The van der Waals surface area contributed by atoms with Gasteiger partial charge in [-0.15, -0.1) is 0 Å². The molecule has 0 saturated carbocycles. The Morgan fingerprint density at radius 3 is 1.95 bits per heavy atom. The molecule has 0 saturated heterocycles. The van der Waals surface area contributed by atoms with Crippen molar-refractivity contribution in [2.45, 2.75) is 59.0 Å². The van der Waals surface area contributed by atoms with Crippen LogP contribution >= 0.6 is 8.07 Å². The van der Waals surface area contributed by atoms with Crippen LogP contribution in [0.1, 0.15) is 19.8 Å². The van der Waals surface area contributed by atoms with Gasteiger partial charge in [0.2, 0.25) is 0 Å². The second kappa shape index (κ2) is 8.59. The van der Waals surface area contributed by atoms with Crippen LogP contribution in [0, 0.1) is 11.6 Å². The highest BCUT2D eigenvalue weighted by molar-refractivity contribution is 7.64. The van der Waals surface area contributed by atoms with Crippen LogP contribution < -0.4 is 0 Å². The lowest BCUT2D eigenvalue weighted by Crippen LogP contribution is -2.55. The van der Waals surface area contributed by atoms with E-state index in [0.29, 0.717) is 6.61 Å². The van der Waals surface area contributed by atoms with Crippen LogP contribution in [-0.4, -0.2) is 40.4 Å². The Bertz CT molecular complexity index is 298. The molecule has 0 amide bonds. The summed E-state index contributed by atoms with van der Waals surface area (Å²) < 4.78 is 7.97. The van der Waals surface area contributed by atoms with E-state index >= 15 is 0 Å². The normalized spacial score (nSPS) is 14.2. The van der Waals surface area contributed by atoms with Gasteiger partial charge >= 0.3 is 0 Å². The molecular formula is C14H32NOPSi2. The smallest absolute Gasteiger partial charge is 0.116 e. The van der Waals surface area contributed by atoms with E-state index in [0.717, 1.165) is 0 Å². The molecule has 1 atom stereocenters. The molecule has 0 spiro atoms. The van der Waals surface area contributed by atoms with Crippen LogP contribution in [-0.2, 0) is 4.74 Å². The summed E-state index contributed by atoms with van der Waals surface area (Å²) in [4.78, 5) is 0. The van der Waals surface area contributed by atoms with Gasteiger partial charge in [0, 0.05) is 15.2 Å². The number of rotatable bonds is 7. The topological polar surface area (TPSA) is 12.5 Å². The molecule has 0 aliphatic heterocycles. The minimum atomic E-state index is -1.31. The van der Waals surface area contributed by atoms with Gasteiger partial charge in [-0.25, -0.2) is 0 Å². The summed E-state index contributed by atoms with van der Waals surface area (Å²) in [6.45, 7) is 17.6. The van der Waals surface area contributed by atoms with Gasteiger partial charge in [0.1, 0.15) is 23.1 Å². The Balaban J connectivity index is 5.21. The molecule has 2 nitrogen and oxygen atoms in total. The molecule has 0 N–H and O–H groups in total. The van der Waals surface area contributed by atoms with Crippen LogP contribution in [0.3, 0.4) is 0 Å². The van der Waals surface area contributed by atoms with Crippen molar-refractivity contribution in [3.8, 4) is 11.6 Å². The average Bonchev–Trinajstić information content (AvgIpc) is 2.21. The predicted octanol–water partition coefficient (Wildman–Crippen LogP) is 4.76. The zero-order valence-electron chi connectivity index (χ0n) is 14.1. The number of ether oxygens (including phenoxy) is 1. The molecule has 0 aromatic heterocycles. The van der Waals surface area contributed by atoms with E-state index < -0.39 is 16.5 Å². The van der Waals surface area contributed by atoms with Crippen molar-refractivity contribution < 1.29 is 4.74 Å². The first-order valence-corrected chi connectivity index (χ1v) is 15.6. The van der Waals surface area contributed by atoms with Gasteiger partial charge in [-0.1, -0.05) is 64.2 Å².